The Labute approximate surface area is 299 Å². The molecule has 0 amide bonds. The number of aromatic nitrogens is 1. The summed E-state index contributed by atoms with van der Waals surface area (Å²) in [5.74, 6) is 0.642. The van der Waals surface area contributed by atoms with Gasteiger partial charge in [0.15, 0.2) is 5.58 Å². The van der Waals surface area contributed by atoms with Gasteiger partial charge in [-0.3, -0.25) is 0 Å². The van der Waals surface area contributed by atoms with Gasteiger partial charge in [0.25, 0.3) is 0 Å². The van der Waals surface area contributed by atoms with E-state index in [1.165, 1.54) is 53.2 Å². The van der Waals surface area contributed by atoms with Crippen LogP contribution < -0.4 is 4.90 Å². The van der Waals surface area contributed by atoms with Crippen LogP contribution in [0.3, 0.4) is 0 Å². The van der Waals surface area contributed by atoms with Crippen molar-refractivity contribution in [1.29, 1.82) is 0 Å². The Morgan fingerprint density at radius 3 is 1.82 bits per heavy atom. The molecule has 0 aliphatic carbocycles. The van der Waals surface area contributed by atoms with Crippen LogP contribution in [0.2, 0.25) is 0 Å². The number of oxazole rings is 1. The van der Waals surface area contributed by atoms with E-state index in [-0.39, 0.29) is 0 Å². The molecule has 0 bridgehead atoms. The van der Waals surface area contributed by atoms with Crippen molar-refractivity contribution >= 4 is 70.4 Å². The lowest BCUT2D eigenvalue weighted by molar-refractivity contribution is 0.620. The Morgan fingerprint density at radius 1 is 0.451 bits per heavy atom. The average molecular weight is 671 g/mol. The summed E-state index contributed by atoms with van der Waals surface area (Å²) < 4.78 is 8.69. The highest BCUT2D eigenvalue weighted by atomic mass is 32.1. The third-order valence-electron chi connectivity index (χ3n) is 9.67. The van der Waals surface area contributed by atoms with Crippen molar-refractivity contribution in [1.82, 2.24) is 4.98 Å². The molecule has 0 saturated heterocycles. The van der Waals surface area contributed by atoms with Crippen molar-refractivity contribution in [2.45, 2.75) is 0 Å². The molecule has 8 aromatic carbocycles. The van der Waals surface area contributed by atoms with Crippen molar-refractivity contribution in [3.05, 3.63) is 182 Å². The lowest BCUT2D eigenvalue weighted by Gasteiger charge is -2.28. The third-order valence-corrected chi connectivity index (χ3v) is 10.9. The second-order valence-corrected chi connectivity index (χ2v) is 13.8. The third kappa shape index (κ3) is 5.16. The number of fused-ring (bicyclic) bond motifs is 5. The largest absolute Gasteiger partial charge is 0.436 e. The first-order chi connectivity index (χ1) is 25.3. The second-order valence-electron chi connectivity index (χ2n) is 12.8. The molecule has 0 aliphatic rings. The van der Waals surface area contributed by atoms with E-state index in [1.54, 1.807) is 11.3 Å². The molecule has 2 aromatic heterocycles. The van der Waals surface area contributed by atoms with E-state index < -0.39 is 0 Å². The first-order valence-electron chi connectivity index (χ1n) is 17.1. The van der Waals surface area contributed by atoms with E-state index in [4.69, 9.17) is 9.40 Å². The van der Waals surface area contributed by atoms with Crippen molar-refractivity contribution < 1.29 is 4.42 Å². The average Bonchev–Trinajstić information content (AvgIpc) is 3.79. The zero-order chi connectivity index (χ0) is 33.7. The number of benzene rings is 8. The summed E-state index contributed by atoms with van der Waals surface area (Å²) in [6.07, 6.45) is 0. The van der Waals surface area contributed by atoms with Crippen LogP contribution >= 0.6 is 11.3 Å². The predicted molar refractivity (Wildman–Crippen MR) is 215 cm³/mol. The summed E-state index contributed by atoms with van der Waals surface area (Å²) in [7, 11) is 0. The van der Waals surface area contributed by atoms with Crippen molar-refractivity contribution in [3.63, 3.8) is 0 Å². The highest BCUT2D eigenvalue weighted by Crippen LogP contribution is 2.48. The molecule has 0 aliphatic heterocycles. The maximum absolute atomic E-state index is 6.31. The van der Waals surface area contributed by atoms with E-state index in [0.717, 1.165) is 33.7 Å². The normalized spacial score (nSPS) is 11.5. The highest BCUT2D eigenvalue weighted by Gasteiger charge is 2.22. The second kappa shape index (κ2) is 12.1. The van der Waals surface area contributed by atoms with Gasteiger partial charge >= 0.3 is 0 Å². The molecule has 51 heavy (non-hydrogen) atoms. The molecule has 3 nitrogen and oxygen atoms in total. The number of anilines is 3. The summed E-state index contributed by atoms with van der Waals surface area (Å²) in [4.78, 5) is 7.35. The number of hydrogen-bond donors (Lipinski definition) is 0. The Kier molecular flexibility index (Phi) is 7.00. The molecular weight excluding hydrogens is 641 g/mol. The maximum atomic E-state index is 6.31. The van der Waals surface area contributed by atoms with E-state index in [0.29, 0.717) is 5.89 Å². The molecule has 0 unspecified atom stereocenters. The summed E-state index contributed by atoms with van der Waals surface area (Å²) >= 11 is 1.80. The molecule has 0 N–H and O–H groups in total. The lowest BCUT2D eigenvalue weighted by Crippen LogP contribution is -2.11. The van der Waals surface area contributed by atoms with Crippen LogP contribution in [0, 0.1) is 0 Å². The first-order valence-corrected chi connectivity index (χ1v) is 17.9. The summed E-state index contributed by atoms with van der Waals surface area (Å²) in [6, 6.07) is 64.7. The Hall–Kier alpha value is -6.49. The van der Waals surface area contributed by atoms with Crippen LogP contribution in [-0.4, -0.2) is 4.98 Å². The maximum Gasteiger partial charge on any atom is 0.227 e. The molecule has 240 valence electrons. The van der Waals surface area contributed by atoms with Gasteiger partial charge < -0.3 is 9.32 Å². The minimum Gasteiger partial charge on any atom is -0.436 e. The minimum absolute atomic E-state index is 0.642. The zero-order valence-corrected chi connectivity index (χ0v) is 28.3. The van der Waals surface area contributed by atoms with E-state index in [2.05, 4.69) is 157 Å². The van der Waals surface area contributed by atoms with Gasteiger partial charge in [-0.05, 0) is 76.2 Å². The van der Waals surface area contributed by atoms with E-state index in [9.17, 15) is 0 Å². The number of hydrogen-bond acceptors (Lipinski definition) is 4. The van der Waals surface area contributed by atoms with Crippen molar-refractivity contribution in [3.8, 4) is 33.7 Å². The Balaban J connectivity index is 1.20. The lowest BCUT2D eigenvalue weighted by atomic mass is 9.98. The fourth-order valence-electron chi connectivity index (χ4n) is 7.20. The first kappa shape index (κ1) is 29.4. The van der Waals surface area contributed by atoms with Crippen LogP contribution in [0.15, 0.2) is 186 Å². The molecule has 0 spiro atoms. The zero-order valence-electron chi connectivity index (χ0n) is 27.5. The molecule has 0 radical (unpaired) electrons. The smallest absolute Gasteiger partial charge is 0.227 e. The number of nitrogens with zero attached hydrogens (tertiary/aromatic N) is 2. The number of rotatable bonds is 6. The summed E-state index contributed by atoms with van der Waals surface area (Å²) in [5, 5.41) is 4.77. The quantitative estimate of drug-likeness (QED) is 0.176. The van der Waals surface area contributed by atoms with Gasteiger partial charge in [-0.25, -0.2) is 4.98 Å². The molecule has 4 heteroatoms. The van der Waals surface area contributed by atoms with E-state index >= 15 is 0 Å². The molecule has 0 saturated carbocycles. The van der Waals surface area contributed by atoms with Crippen LogP contribution in [0.4, 0.5) is 17.1 Å². The Morgan fingerprint density at radius 2 is 1.08 bits per heavy atom. The fraction of sp³-hybridized carbons (Fsp3) is 0. The fourth-order valence-corrected chi connectivity index (χ4v) is 8.42. The van der Waals surface area contributed by atoms with Crippen LogP contribution in [0.25, 0.3) is 75.8 Å². The van der Waals surface area contributed by atoms with Gasteiger partial charge in [-0.2, -0.15) is 0 Å². The summed E-state index contributed by atoms with van der Waals surface area (Å²) in [5.41, 5.74) is 10.7. The molecule has 10 aromatic rings. The van der Waals surface area contributed by atoms with Crippen molar-refractivity contribution in [2.75, 3.05) is 4.90 Å². The molecular formula is C47H30N2OS. The molecule has 0 fully saturated rings. The highest BCUT2D eigenvalue weighted by molar-refractivity contribution is 7.26. The van der Waals surface area contributed by atoms with Crippen molar-refractivity contribution in [2.24, 2.45) is 0 Å². The van der Waals surface area contributed by atoms with Gasteiger partial charge in [-0.1, -0.05) is 127 Å². The summed E-state index contributed by atoms with van der Waals surface area (Å²) in [6.45, 7) is 0. The monoisotopic (exact) mass is 670 g/mol. The molecule has 2 heterocycles. The minimum atomic E-state index is 0.642. The van der Waals surface area contributed by atoms with Gasteiger partial charge in [-0.15, -0.1) is 11.3 Å². The topological polar surface area (TPSA) is 29.3 Å². The van der Waals surface area contributed by atoms with Crippen LogP contribution in [0.1, 0.15) is 0 Å². The molecule has 0 atom stereocenters. The van der Waals surface area contributed by atoms with Crippen LogP contribution in [0.5, 0.6) is 0 Å². The van der Waals surface area contributed by atoms with Gasteiger partial charge in [0.1, 0.15) is 5.52 Å². The van der Waals surface area contributed by atoms with E-state index in [1.807, 2.05) is 30.3 Å². The van der Waals surface area contributed by atoms with Gasteiger partial charge in [0, 0.05) is 38.2 Å². The predicted octanol–water partition coefficient (Wildman–Crippen LogP) is 13.8. The standard InChI is InChI=1S/C47H30N2OS/c1-4-13-31(14-5-1)33-23-25-37(26-24-33)49(43-28-36(32-15-6-2-7-16-32)27-35-19-10-11-20-38(35)43)42-22-12-21-39-40-29-41-44(30-45(40)51-46(39)42)50-47(48-41)34-17-8-3-9-18-34/h1-30H. The number of thiophene rings is 1. The Bertz CT molecular complexity index is 2840. The van der Waals surface area contributed by atoms with Gasteiger partial charge in [0.05, 0.1) is 16.1 Å². The van der Waals surface area contributed by atoms with Crippen LogP contribution in [-0.2, 0) is 0 Å². The van der Waals surface area contributed by atoms with Gasteiger partial charge in [0.2, 0.25) is 5.89 Å². The molecule has 10 rings (SSSR count). The SMILES string of the molecule is c1ccc(-c2ccc(N(c3cc(-c4ccccc4)cc4ccccc34)c3cccc4c3sc3cc5oc(-c6ccccc6)nc5cc34)cc2)cc1.